The molecule has 206 valence electrons. The lowest BCUT2D eigenvalue weighted by Gasteiger charge is -2.26. The van der Waals surface area contributed by atoms with Crippen molar-refractivity contribution in [2.75, 3.05) is 11.4 Å². The SMILES string of the molecule is Cc1c(OC(C)c2ccccc2Cl)n[nH]c1CN1Cc2ccc(-c3ncc(N4CCC(=O)NC4=O)n3C)cc2C1. The number of carbonyl (C=O) groups excluding carboxylic acids is 2. The molecule has 0 spiro atoms. The molecule has 0 radical (unpaired) electrons. The number of H-pyrrole nitrogens is 1. The largest absolute Gasteiger partial charge is 0.468 e. The van der Waals surface area contributed by atoms with Crippen molar-refractivity contribution >= 4 is 29.4 Å². The lowest BCUT2D eigenvalue weighted by atomic mass is 10.1. The van der Waals surface area contributed by atoms with Gasteiger partial charge in [0.05, 0.1) is 11.9 Å². The van der Waals surface area contributed by atoms with E-state index in [1.165, 1.54) is 11.1 Å². The van der Waals surface area contributed by atoms with Crippen molar-refractivity contribution in [1.29, 1.82) is 0 Å². The Morgan fingerprint density at radius 2 is 1.93 bits per heavy atom. The van der Waals surface area contributed by atoms with Crippen molar-refractivity contribution in [2.24, 2.45) is 7.05 Å². The van der Waals surface area contributed by atoms with Crippen molar-refractivity contribution in [3.8, 4) is 17.3 Å². The fourth-order valence-electron chi connectivity index (χ4n) is 5.36. The predicted molar refractivity (Wildman–Crippen MR) is 151 cm³/mol. The molecule has 1 unspecified atom stereocenters. The van der Waals surface area contributed by atoms with Gasteiger partial charge in [-0.05, 0) is 37.1 Å². The van der Waals surface area contributed by atoms with E-state index in [0.717, 1.165) is 41.3 Å². The lowest BCUT2D eigenvalue weighted by Crippen LogP contribution is -2.50. The summed E-state index contributed by atoms with van der Waals surface area (Å²) in [5.74, 6) is 1.74. The highest BCUT2D eigenvalue weighted by molar-refractivity contribution is 6.31. The van der Waals surface area contributed by atoms with E-state index in [1.807, 2.05) is 49.7 Å². The minimum atomic E-state index is -0.420. The van der Waals surface area contributed by atoms with Crippen molar-refractivity contribution in [3.63, 3.8) is 0 Å². The molecule has 0 aliphatic carbocycles. The molecule has 4 heterocycles. The van der Waals surface area contributed by atoms with Gasteiger partial charge in [0.15, 0.2) is 0 Å². The molecular formula is C29H30ClN7O3. The maximum absolute atomic E-state index is 12.3. The van der Waals surface area contributed by atoms with Gasteiger partial charge in [0.2, 0.25) is 11.8 Å². The van der Waals surface area contributed by atoms with Crippen LogP contribution in [0.4, 0.5) is 10.6 Å². The molecule has 10 nitrogen and oxygen atoms in total. The number of hydrogen-bond acceptors (Lipinski definition) is 6. The van der Waals surface area contributed by atoms with E-state index in [2.05, 4.69) is 43.6 Å². The molecule has 0 bridgehead atoms. The highest BCUT2D eigenvalue weighted by Crippen LogP contribution is 2.33. The smallest absolute Gasteiger partial charge is 0.329 e. The summed E-state index contributed by atoms with van der Waals surface area (Å²) in [5.41, 5.74) is 6.41. The average molecular weight is 560 g/mol. The van der Waals surface area contributed by atoms with Gasteiger partial charge in [0.25, 0.3) is 0 Å². The molecule has 1 atom stereocenters. The number of fused-ring (bicyclic) bond motifs is 1. The number of amides is 3. The fourth-order valence-corrected chi connectivity index (χ4v) is 5.65. The van der Waals surface area contributed by atoms with Crippen LogP contribution in [0.2, 0.25) is 5.02 Å². The van der Waals surface area contributed by atoms with E-state index in [-0.39, 0.29) is 18.4 Å². The van der Waals surface area contributed by atoms with E-state index in [4.69, 9.17) is 16.3 Å². The summed E-state index contributed by atoms with van der Waals surface area (Å²) < 4.78 is 8.04. The van der Waals surface area contributed by atoms with E-state index < -0.39 is 6.03 Å². The number of aromatic nitrogens is 4. The summed E-state index contributed by atoms with van der Waals surface area (Å²) in [4.78, 5) is 32.4. The van der Waals surface area contributed by atoms with Gasteiger partial charge < -0.3 is 9.30 Å². The van der Waals surface area contributed by atoms with Crippen LogP contribution < -0.4 is 15.0 Å². The van der Waals surface area contributed by atoms with Crippen LogP contribution in [0.25, 0.3) is 11.4 Å². The molecule has 0 saturated carbocycles. The zero-order chi connectivity index (χ0) is 28.0. The Balaban J connectivity index is 1.14. The zero-order valence-corrected chi connectivity index (χ0v) is 23.3. The minimum absolute atomic E-state index is 0.226. The molecule has 11 heteroatoms. The van der Waals surface area contributed by atoms with Crippen molar-refractivity contribution < 1.29 is 14.3 Å². The number of rotatable bonds is 7. The first kappa shape index (κ1) is 26.1. The molecule has 40 heavy (non-hydrogen) atoms. The van der Waals surface area contributed by atoms with Crippen LogP contribution in [0.1, 0.15) is 47.4 Å². The highest BCUT2D eigenvalue weighted by Gasteiger charge is 2.28. The number of ether oxygens (including phenoxy) is 1. The average Bonchev–Trinajstić information content (AvgIpc) is 3.61. The topological polar surface area (TPSA) is 108 Å². The number of hydrogen-bond donors (Lipinski definition) is 2. The number of carbonyl (C=O) groups is 2. The van der Waals surface area contributed by atoms with Crippen molar-refractivity contribution in [2.45, 2.75) is 46.0 Å². The molecule has 3 amide bonds. The first-order valence-corrected chi connectivity index (χ1v) is 13.6. The Hall–Kier alpha value is -4.15. The van der Waals surface area contributed by atoms with Crippen LogP contribution in [0.3, 0.4) is 0 Å². The third kappa shape index (κ3) is 4.84. The first-order chi connectivity index (χ1) is 19.3. The summed E-state index contributed by atoms with van der Waals surface area (Å²) >= 11 is 6.34. The number of urea groups is 1. The number of anilines is 1. The van der Waals surface area contributed by atoms with Crippen LogP contribution in [-0.4, -0.2) is 43.1 Å². The highest BCUT2D eigenvalue weighted by atomic mass is 35.5. The van der Waals surface area contributed by atoms with Crippen LogP contribution in [0.5, 0.6) is 5.88 Å². The van der Waals surface area contributed by atoms with E-state index >= 15 is 0 Å². The molecule has 2 aliphatic heterocycles. The monoisotopic (exact) mass is 559 g/mol. The molecule has 6 rings (SSSR count). The normalized spacial score (nSPS) is 16.2. The van der Waals surface area contributed by atoms with Crippen molar-refractivity contribution in [3.05, 3.63) is 81.6 Å². The lowest BCUT2D eigenvalue weighted by molar-refractivity contribution is -0.120. The Labute approximate surface area is 236 Å². The van der Waals surface area contributed by atoms with Crippen LogP contribution in [0.15, 0.2) is 48.7 Å². The number of imidazole rings is 1. The molecule has 1 fully saturated rings. The number of benzene rings is 2. The third-order valence-corrected chi connectivity index (χ3v) is 7.97. The Kier molecular flexibility index (Phi) is 6.81. The summed E-state index contributed by atoms with van der Waals surface area (Å²) in [5, 5.41) is 10.6. The summed E-state index contributed by atoms with van der Waals surface area (Å²) in [7, 11) is 1.88. The van der Waals surface area contributed by atoms with Crippen LogP contribution in [0, 0.1) is 6.92 Å². The molecule has 2 aliphatic rings. The van der Waals surface area contributed by atoms with Crippen molar-refractivity contribution in [1.82, 2.24) is 30.0 Å². The maximum atomic E-state index is 12.3. The zero-order valence-electron chi connectivity index (χ0n) is 22.6. The standard InChI is InChI=1S/C29H30ClN7O3/c1-17-24(33-34-28(17)40-18(2)22-6-4-5-7-23(22)30)16-36-14-20-9-8-19(12-21(20)15-36)27-31-13-26(35(27)3)37-11-10-25(38)32-29(37)39/h4-9,12-13,18H,10-11,14-16H2,1-3H3,(H,33,34)(H,32,38,39). The molecule has 2 aromatic carbocycles. The number of imide groups is 1. The van der Waals surface area contributed by atoms with Gasteiger partial charge in [-0.1, -0.05) is 41.9 Å². The van der Waals surface area contributed by atoms with Gasteiger partial charge in [0.1, 0.15) is 17.7 Å². The summed E-state index contributed by atoms with van der Waals surface area (Å²) in [6, 6.07) is 13.6. The first-order valence-electron chi connectivity index (χ1n) is 13.2. The van der Waals surface area contributed by atoms with Crippen LogP contribution in [-0.2, 0) is 31.5 Å². The number of aromatic amines is 1. The fraction of sp³-hybridized carbons (Fsp3) is 0.310. The molecular weight excluding hydrogens is 530 g/mol. The second-order valence-electron chi connectivity index (χ2n) is 10.3. The molecule has 2 N–H and O–H groups in total. The number of nitrogens with zero attached hydrogens (tertiary/aromatic N) is 5. The maximum Gasteiger partial charge on any atom is 0.329 e. The predicted octanol–water partition coefficient (Wildman–Crippen LogP) is 4.87. The van der Waals surface area contributed by atoms with E-state index in [9.17, 15) is 9.59 Å². The molecule has 2 aromatic heterocycles. The van der Waals surface area contributed by atoms with Gasteiger partial charge in [-0.3, -0.25) is 25.0 Å². The quantitative estimate of drug-likeness (QED) is 0.334. The molecule has 1 saturated heterocycles. The minimum Gasteiger partial charge on any atom is -0.468 e. The van der Waals surface area contributed by atoms with E-state index in [0.29, 0.717) is 29.8 Å². The Morgan fingerprint density at radius 1 is 1.12 bits per heavy atom. The van der Waals surface area contributed by atoms with Crippen LogP contribution >= 0.6 is 11.6 Å². The number of halogens is 1. The van der Waals surface area contributed by atoms with Gasteiger partial charge in [-0.15, -0.1) is 5.10 Å². The third-order valence-electron chi connectivity index (χ3n) is 7.63. The molecule has 4 aromatic rings. The summed E-state index contributed by atoms with van der Waals surface area (Å²) in [6.45, 7) is 6.65. The van der Waals surface area contributed by atoms with Gasteiger partial charge in [-0.25, -0.2) is 9.78 Å². The van der Waals surface area contributed by atoms with E-state index in [1.54, 1.807) is 11.1 Å². The Morgan fingerprint density at radius 3 is 2.73 bits per heavy atom. The second-order valence-corrected chi connectivity index (χ2v) is 10.7. The Bertz CT molecular complexity index is 1610. The van der Waals surface area contributed by atoms with Gasteiger partial charge in [-0.2, -0.15) is 0 Å². The van der Waals surface area contributed by atoms with Gasteiger partial charge >= 0.3 is 6.03 Å². The van der Waals surface area contributed by atoms with Gasteiger partial charge in [0, 0.05) is 61.4 Å². The second kappa shape index (κ2) is 10.4. The summed E-state index contributed by atoms with van der Waals surface area (Å²) in [6.07, 6.45) is 1.72. The number of nitrogens with one attached hydrogen (secondary N) is 2.